The van der Waals surface area contributed by atoms with Gasteiger partial charge in [-0.15, -0.1) is 0 Å². The van der Waals surface area contributed by atoms with Gasteiger partial charge in [-0.2, -0.15) is 5.26 Å². The molecule has 7 nitrogen and oxygen atoms in total. The van der Waals surface area contributed by atoms with Gasteiger partial charge in [0.1, 0.15) is 12.1 Å². The summed E-state index contributed by atoms with van der Waals surface area (Å²) >= 11 is 0. The number of benzene rings is 1. The fourth-order valence-electron chi connectivity index (χ4n) is 2.76. The van der Waals surface area contributed by atoms with E-state index in [-0.39, 0.29) is 12.5 Å². The Bertz CT molecular complexity index is 911. The highest BCUT2D eigenvalue weighted by molar-refractivity contribution is 5.98. The van der Waals surface area contributed by atoms with E-state index in [2.05, 4.69) is 11.1 Å². The third-order valence-corrected chi connectivity index (χ3v) is 3.98. The van der Waals surface area contributed by atoms with Gasteiger partial charge in [0, 0.05) is 18.5 Å². The van der Waals surface area contributed by atoms with Gasteiger partial charge in [-0.3, -0.25) is 14.7 Å². The molecular formula is C19H20N4O3. The first-order valence-corrected chi connectivity index (χ1v) is 8.35. The largest absolute Gasteiger partial charge is 0.444 e. The van der Waals surface area contributed by atoms with Crippen molar-refractivity contribution < 1.29 is 14.3 Å². The lowest BCUT2D eigenvalue weighted by Gasteiger charge is -2.35. The highest BCUT2D eigenvalue weighted by atomic mass is 16.6. The maximum absolute atomic E-state index is 12.5. The number of carbonyl (C=O) groups is 2. The van der Waals surface area contributed by atoms with Gasteiger partial charge in [-0.05, 0) is 39.0 Å². The van der Waals surface area contributed by atoms with Gasteiger partial charge in [0.15, 0.2) is 0 Å². The third-order valence-electron chi connectivity index (χ3n) is 3.98. The Labute approximate surface area is 151 Å². The number of ether oxygens (including phenoxy) is 1. The molecule has 2 aromatic rings. The highest BCUT2D eigenvalue weighted by Gasteiger charge is 2.31. The van der Waals surface area contributed by atoms with Crippen LogP contribution in [0.3, 0.4) is 0 Å². The molecule has 0 atom stereocenters. The molecule has 0 saturated carbocycles. The summed E-state index contributed by atoms with van der Waals surface area (Å²) in [5.74, 6) is -0.183. The van der Waals surface area contributed by atoms with E-state index in [4.69, 9.17) is 10.00 Å². The topological polar surface area (TPSA) is 86.5 Å². The number of anilines is 1. The molecular weight excluding hydrogens is 332 g/mol. The molecule has 1 saturated heterocycles. The summed E-state index contributed by atoms with van der Waals surface area (Å²) in [4.78, 5) is 32.0. The van der Waals surface area contributed by atoms with Crippen LogP contribution in [0.5, 0.6) is 0 Å². The molecule has 2 amide bonds. The van der Waals surface area contributed by atoms with Crippen LogP contribution in [0.15, 0.2) is 30.5 Å². The first-order chi connectivity index (χ1) is 12.3. The first-order valence-electron chi connectivity index (χ1n) is 8.35. The van der Waals surface area contributed by atoms with E-state index in [1.165, 1.54) is 4.90 Å². The molecule has 0 aliphatic carbocycles. The second-order valence-electron chi connectivity index (χ2n) is 7.16. The molecule has 0 unspecified atom stereocenters. The van der Waals surface area contributed by atoms with Crippen molar-refractivity contribution in [2.24, 2.45) is 0 Å². The average molecular weight is 352 g/mol. The van der Waals surface area contributed by atoms with Crippen LogP contribution in [0.4, 0.5) is 10.5 Å². The lowest BCUT2D eigenvalue weighted by molar-refractivity contribution is -0.121. The average Bonchev–Trinajstić information content (AvgIpc) is 2.59. The summed E-state index contributed by atoms with van der Waals surface area (Å²) < 4.78 is 5.32. The van der Waals surface area contributed by atoms with Crippen LogP contribution >= 0.6 is 0 Å². The number of carbonyl (C=O) groups excluding carboxylic acids is 2. The third kappa shape index (κ3) is 3.75. The standard InChI is InChI=1S/C19H20N4O3/c1-19(2,3)26-18(25)22-6-7-23(17(24)12-22)15-9-14-5-4-13(10-20)8-16(14)21-11-15/h4-5,8-9,11H,6-7,12H2,1-3H3. The zero-order chi connectivity index (χ0) is 18.9. The molecule has 0 bridgehead atoms. The summed E-state index contributed by atoms with van der Waals surface area (Å²) in [6.45, 7) is 6.12. The fraction of sp³-hybridized carbons (Fsp3) is 0.368. The number of hydrogen-bond acceptors (Lipinski definition) is 5. The normalized spacial score (nSPS) is 15.1. The molecule has 134 valence electrons. The number of amides is 2. The summed E-state index contributed by atoms with van der Waals surface area (Å²) in [7, 11) is 0. The van der Waals surface area contributed by atoms with Gasteiger partial charge in [-0.25, -0.2) is 4.79 Å². The molecule has 2 heterocycles. The van der Waals surface area contributed by atoms with Crippen LogP contribution in [0, 0.1) is 11.3 Å². The van der Waals surface area contributed by atoms with Crippen molar-refractivity contribution in [2.75, 3.05) is 24.5 Å². The van der Waals surface area contributed by atoms with Crippen molar-refractivity contribution in [3.05, 3.63) is 36.0 Å². The molecule has 1 fully saturated rings. The number of piperazine rings is 1. The summed E-state index contributed by atoms with van der Waals surface area (Å²) in [6.07, 6.45) is 1.14. The summed E-state index contributed by atoms with van der Waals surface area (Å²) in [5, 5.41) is 9.81. The molecule has 26 heavy (non-hydrogen) atoms. The van der Waals surface area contributed by atoms with E-state index in [0.717, 1.165) is 5.39 Å². The summed E-state index contributed by atoms with van der Waals surface area (Å²) in [5.41, 5.74) is 1.32. The minimum atomic E-state index is -0.595. The Kier molecular flexibility index (Phi) is 4.51. The minimum Gasteiger partial charge on any atom is -0.444 e. The van der Waals surface area contributed by atoms with E-state index in [1.54, 1.807) is 44.0 Å². The number of aromatic nitrogens is 1. The second kappa shape index (κ2) is 6.64. The van der Waals surface area contributed by atoms with Crippen molar-refractivity contribution in [2.45, 2.75) is 26.4 Å². The van der Waals surface area contributed by atoms with Crippen LogP contribution < -0.4 is 4.90 Å². The van der Waals surface area contributed by atoms with Crippen LogP contribution in [-0.2, 0) is 9.53 Å². The molecule has 7 heteroatoms. The number of pyridine rings is 1. The van der Waals surface area contributed by atoms with Gasteiger partial charge in [-0.1, -0.05) is 6.07 Å². The van der Waals surface area contributed by atoms with Crippen LogP contribution in [0.2, 0.25) is 0 Å². The SMILES string of the molecule is CC(C)(C)OC(=O)N1CCN(c2cnc3cc(C#N)ccc3c2)C(=O)C1. The molecule has 0 spiro atoms. The van der Waals surface area contributed by atoms with E-state index >= 15 is 0 Å². The minimum absolute atomic E-state index is 0.0275. The Balaban J connectivity index is 1.75. The zero-order valence-corrected chi connectivity index (χ0v) is 15.0. The Morgan fingerprint density at radius 1 is 1.27 bits per heavy atom. The van der Waals surface area contributed by atoms with Gasteiger partial charge in [0.25, 0.3) is 0 Å². The van der Waals surface area contributed by atoms with Gasteiger partial charge >= 0.3 is 6.09 Å². The second-order valence-corrected chi connectivity index (χ2v) is 7.16. The Morgan fingerprint density at radius 2 is 2.04 bits per heavy atom. The number of nitriles is 1. The number of nitrogens with zero attached hydrogens (tertiary/aromatic N) is 4. The number of rotatable bonds is 1. The predicted octanol–water partition coefficient (Wildman–Crippen LogP) is 2.69. The maximum Gasteiger partial charge on any atom is 0.410 e. The van der Waals surface area contributed by atoms with Gasteiger partial charge in [0.2, 0.25) is 5.91 Å². The lowest BCUT2D eigenvalue weighted by Crippen LogP contribution is -2.53. The van der Waals surface area contributed by atoms with Crippen molar-refractivity contribution in [1.29, 1.82) is 5.26 Å². The molecule has 1 aromatic heterocycles. The van der Waals surface area contributed by atoms with E-state index in [1.807, 2.05) is 12.1 Å². The van der Waals surface area contributed by atoms with Crippen molar-refractivity contribution in [1.82, 2.24) is 9.88 Å². The summed E-state index contributed by atoms with van der Waals surface area (Å²) in [6, 6.07) is 9.19. The number of fused-ring (bicyclic) bond motifs is 1. The quantitative estimate of drug-likeness (QED) is 0.787. The Hall–Kier alpha value is -3.14. The lowest BCUT2D eigenvalue weighted by atomic mass is 10.1. The fourth-order valence-corrected chi connectivity index (χ4v) is 2.76. The van der Waals surface area contributed by atoms with Crippen molar-refractivity contribution >= 4 is 28.6 Å². The van der Waals surface area contributed by atoms with Crippen molar-refractivity contribution in [3.63, 3.8) is 0 Å². The smallest absolute Gasteiger partial charge is 0.410 e. The predicted molar refractivity (Wildman–Crippen MR) is 96.6 cm³/mol. The molecule has 3 rings (SSSR count). The van der Waals surface area contributed by atoms with Gasteiger partial charge in [0.05, 0.1) is 29.0 Å². The van der Waals surface area contributed by atoms with Gasteiger partial charge < -0.3 is 9.64 Å². The molecule has 0 N–H and O–H groups in total. The van der Waals surface area contributed by atoms with Crippen LogP contribution in [0.1, 0.15) is 26.3 Å². The van der Waals surface area contributed by atoms with E-state index < -0.39 is 11.7 Å². The van der Waals surface area contributed by atoms with Crippen LogP contribution in [0.25, 0.3) is 10.9 Å². The molecule has 1 aliphatic heterocycles. The van der Waals surface area contributed by atoms with E-state index in [9.17, 15) is 9.59 Å². The maximum atomic E-state index is 12.5. The number of hydrogen-bond donors (Lipinski definition) is 0. The van der Waals surface area contributed by atoms with Crippen LogP contribution in [-0.4, -0.2) is 47.1 Å². The molecule has 1 aliphatic rings. The molecule has 1 aromatic carbocycles. The Morgan fingerprint density at radius 3 is 2.69 bits per heavy atom. The molecule has 0 radical (unpaired) electrons. The highest BCUT2D eigenvalue weighted by Crippen LogP contribution is 2.23. The monoisotopic (exact) mass is 352 g/mol. The van der Waals surface area contributed by atoms with E-state index in [0.29, 0.717) is 29.9 Å². The van der Waals surface area contributed by atoms with Crippen molar-refractivity contribution in [3.8, 4) is 6.07 Å². The zero-order valence-electron chi connectivity index (χ0n) is 15.0. The first kappa shape index (κ1) is 17.7.